The summed E-state index contributed by atoms with van der Waals surface area (Å²) in [6, 6.07) is 0. The average molecular weight is 362 g/mol. The van der Waals surface area contributed by atoms with Crippen molar-refractivity contribution < 1.29 is 23.6 Å². The molecule has 2 aliphatic rings. The number of hydrogen-bond donors (Lipinski definition) is 1. The Hall–Kier alpha value is -0.500. The van der Waals surface area contributed by atoms with E-state index >= 15 is 0 Å². The first-order valence-electron chi connectivity index (χ1n) is 9.16. The molecule has 2 heterocycles. The lowest BCUT2D eigenvalue weighted by Gasteiger charge is -2.39. The van der Waals surface area contributed by atoms with Gasteiger partial charge in [0.15, 0.2) is 4.75 Å². The third-order valence-corrected chi connectivity index (χ3v) is 7.23. The Labute approximate surface area is 147 Å². The fraction of sp³-hybridized carbons (Fsp3) is 0.941. The van der Waals surface area contributed by atoms with Crippen molar-refractivity contribution in [3.63, 3.8) is 0 Å². The zero-order valence-electron chi connectivity index (χ0n) is 14.7. The Morgan fingerprint density at radius 2 is 1.96 bits per heavy atom. The van der Waals surface area contributed by atoms with Crippen LogP contribution in [0.5, 0.6) is 0 Å². The summed E-state index contributed by atoms with van der Waals surface area (Å²) in [6.45, 7) is 5.96. The molecule has 1 unspecified atom stereocenters. The van der Waals surface area contributed by atoms with Gasteiger partial charge in [0, 0.05) is 39.5 Å². The van der Waals surface area contributed by atoms with Gasteiger partial charge < -0.3 is 14.6 Å². The molecular weight excluding hydrogens is 330 g/mol. The summed E-state index contributed by atoms with van der Waals surface area (Å²) >= 11 is 0. The van der Waals surface area contributed by atoms with Crippen LogP contribution in [0.15, 0.2) is 0 Å². The quantitative estimate of drug-likeness (QED) is 0.637. The Bertz CT molecular complexity index is 417. The highest BCUT2D eigenvalue weighted by molar-refractivity contribution is 7.85. The van der Waals surface area contributed by atoms with E-state index in [2.05, 4.69) is 6.92 Å². The zero-order chi connectivity index (χ0) is 17.4. The van der Waals surface area contributed by atoms with Gasteiger partial charge in [-0.15, -0.1) is 0 Å². The minimum atomic E-state index is -1.48. The van der Waals surface area contributed by atoms with Crippen molar-refractivity contribution in [2.24, 2.45) is 5.92 Å². The predicted molar refractivity (Wildman–Crippen MR) is 93.2 cm³/mol. The minimum absolute atomic E-state index is 0.333. The van der Waals surface area contributed by atoms with Crippen LogP contribution in [0.2, 0.25) is 0 Å². The predicted octanol–water partition coefficient (Wildman–Crippen LogP) is 2.20. The molecule has 0 aliphatic carbocycles. The summed E-state index contributed by atoms with van der Waals surface area (Å²) in [4.78, 5) is 11.8. The largest absolute Gasteiger partial charge is 0.480 e. The highest BCUT2D eigenvalue weighted by Gasteiger charge is 2.48. The molecule has 0 aromatic carbocycles. The molecule has 6 nitrogen and oxygen atoms in total. The van der Waals surface area contributed by atoms with Crippen LogP contribution in [0.1, 0.15) is 51.9 Å². The van der Waals surface area contributed by atoms with E-state index in [4.69, 9.17) is 9.47 Å². The Morgan fingerprint density at radius 1 is 1.29 bits per heavy atom. The normalized spacial score (nSPS) is 23.9. The summed E-state index contributed by atoms with van der Waals surface area (Å²) in [6.07, 6.45) is 5.91. The number of ether oxygens (including phenoxy) is 2. The van der Waals surface area contributed by atoms with Crippen LogP contribution >= 0.6 is 0 Å². The zero-order valence-corrected chi connectivity index (χ0v) is 15.5. The van der Waals surface area contributed by atoms with Crippen LogP contribution in [0.4, 0.5) is 0 Å². The van der Waals surface area contributed by atoms with Crippen LogP contribution in [0.25, 0.3) is 0 Å². The maximum Gasteiger partial charge on any atom is 0.324 e. The lowest BCUT2D eigenvalue weighted by atomic mass is 9.95. The number of nitrogens with zero attached hydrogens (tertiary/aromatic N) is 1. The molecule has 0 radical (unpaired) electrons. The molecule has 2 saturated heterocycles. The first-order chi connectivity index (χ1) is 11.6. The maximum absolute atomic E-state index is 12.9. The molecule has 140 valence electrons. The Kier molecular flexibility index (Phi) is 8.13. The molecule has 7 heteroatoms. The highest BCUT2D eigenvalue weighted by Crippen LogP contribution is 2.32. The van der Waals surface area contributed by atoms with E-state index in [1.807, 2.05) is 4.31 Å². The fourth-order valence-electron chi connectivity index (χ4n) is 3.37. The molecule has 0 saturated carbocycles. The molecule has 2 fully saturated rings. The first-order valence-corrected chi connectivity index (χ1v) is 10.3. The van der Waals surface area contributed by atoms with Crippen LogP contribution in [0, 0.1) is 5.92 Å². The van der Waals surface area contributed by atoms with Gasteiger partial charge in [-0.3, -0.25) is 4.79 Å². The molecule has 0 amide bonds. The van der Waals surface area contributed by atoms with E-state index in [1.165, 1.54) is 0 Å². The van der Waals surface area contributed by atoms with Gasteiger partial charge in [-0.05, 0) is 44.4 Å². The third kappa shape index (κ3) is 5.00. The first kappa shape index (κ1) is 19.8. The average Bonchev–Trinajstić information content (AvgIpc) is 2.62. The molecule has 2 rings (SSSR count). The lowest BCUT2D eigenvalue weighted by molar-refractivity contribution is -0.142. The molecular formula is C17H31NO5S. The monoisotopic (exact) mass is 361 g/mol. The Balaban J connectivity index is 1.78. The van der Waals surface area contributed by atoms with Crippen molar-refractivity contribution in [3.05, 3.63) is 0 Å². The number of hydrogen-bond acceptors (Lipinski definition) is 4. The molecule has 1 N–H and O–H groups in total. The molecule has 0 aromatic heterocycles. The van der Waals surface area contributed by atoms with Crippen molar-refractivity contribution in [1.29, 1.82) is 0 Å². The van der Waals surface area contributed by atoms with Gasteiger partial charge in [0.2, 0.25) is 0 Å². The van der Waals surface area contributed by atoms with Gasteiger partial charge in [0.05, 0.1) is 0 Å². The van der Waals surface area contributed by atoms with Crippen molar-refractivity contribution in [2.45, 2.75) is 56.6 Å². The van der Waals surface area contributed by atoms with Gasteiger partial charge in [-0.25, -0.2) is 8.51 Å². The second kappa shape index (κ2) is 9.85. The number of rotatable bonds is 9. The molecule has 0 bridgehead atoms. The topological polar surface area (TPSA) is 76.1 Å². The van der Waals surface area contributed by atoms with E-state index < -0.39 is 21.7 Å². The van der Waals surface area contributed by atoms with Gasteiger partial charge in [0.25, 0.3) is 0 Å². The third-order valence-electron chi connectivity index (χ3n) is 5.15. The number of aliphatic carboxylic acids is 1. The van der Waals surface area contributed by atoms with Crippen molar-refractivity contribution in [2.75, 3.05) is 39.5 Å². The van der Waals surface area contributed by atoms with Crippen LogP contribution < -0.4 is 0 Å². The minimum Gasteiger partial charge on any atom is -0.480 e. The molecule has 0 aromatic rings. The molecule has 0 spiro atoms. The number of carbonyl (C=O) groups is 1. The van der Waals surface area contributed by atoms with Crippen LogP contribution in [-0.2, 0) is 25.3 Å². The van der Waals surface area contributed by atoms with E-state index in [9.17, 15) is 14.1 Å². The number of carboxylic acid groups (broad SMARTS) is 1. The summed E-state index contributed by atoms with van der Waals surface area (Å²) in [5.41, 5.74) is 0. The van der Waals surface area contributed by atoms with Crippen molar-refractivity contribution >= 4 is 17.0 Å². The van der Waals surface area contributed by atoms with Crippen molar-refractivity contribution in [1.82, 2.24) is 4.31 Å². The summed E-state index contributed by atoms with van der Waals surface area (Å²) in [5, 5.41) is 9.64. The number of piperidine rings is 1. The van der Waals surface area contributed by atoms with E-state index in [0.717, 1.165) is 45.3 Å². The lowest BCUT2D eigenvalue weighted by Crippen LogP contribution is -2.54. The second-order valence-corrected chi connectivity index (χ2v) is 8.58. The standard InChI is InChI=1S/C17H31NO5S/c1-2-3-11-22-12-6-15-4-9-18(10-5-15)24(21)17(16(19)20)7-13-23-14-8-17/h15H,2-14H2,1H3,(H,19,20). The fourth-order valence-corrected chi connectivity index (χ4v) is 5.08. The van der Waals surface area contributed by atoms with E-state index in [0.29, 0.717) is 45.1 Å². The summed E-state index contributed by atoms with van der Waals surface area (Å²) < 4.78 is 24.5. The van der Waals surface area contributed by atoms with Crippen LogP contribution in [-0.4, -0.2) is 63.9 Å². The second-order valence-electron chi connectivity index (χ2n) is 6.79. The smallest absolute Gasteiger partial charge is 0.324 e. The van der Waals surface area contributed by atoms with E-state index in [1.54, 1.807) is 0 Å². The highest BCUT2D eigenvalue weighted by atomic mass is 32.2. The summed E-state index contributed by atoms with van der Waals surface area (Å²) in [7, 11) is -1.48. The number of carboxylic acids is 1. The summed E-state index contributed by atoms with van der Waals surface area (Å²) in [5.74, 6) is -0.356. The molecule has 24 heavy (non-hydrogen) atoms. The molecule has 1 atom stereocenters. The van der Waals surface area contributed by atoms with E-state index in [-0.39, 0.29) is 0 Å². The SMILES string of the molecule is CCCCOCCC1CCN(S(=O)C2(C(=O)O)CCOCC2)CC1. The van der Waals surface area contributed by atoms with Gasteiger partial charge in [0.1, 0.15) is 11.0 Å². The van der Waals surface area contributed by atoms with Gasteiger partial charge in [-0.2, -0.15) is 0 Å². The number of unbranched alkanes of at least 4 members (excludes halogenated alkanes) is 1. The van der Waals surface area contributed by atoms with Gasteiger partial charge >= 0.3 is 5.97 Å². The van der Waals surface area contributed by atoms with Crippen LogP contribution in [0.3, 0.4) is 0 Å². The maximum atomic E-state index is 12.9. The van der Waals surface area contributed by atoms with Crippen molar-refractivity contribution in [3.8, 4) is 0 Å². The van der Waals surface area contributed by atoms with Gasteiger partial charge in [-0.1, -0.05) is 13.3 Å². The Morgan fingerprint density at radius 3 is 2.54 bits per heavy atom. The molecule has 2 aliphatic heterocycles.